The Hall–Kier alpha value is -1.75. The van der Waals surface area contributed by atoms with Gasteiger partial charge < -0.3 is 20.4 Å². The summed E-state index contributed by atoms with van der Waals surface area (Å²) in [6.45, 7) is 2.48. The first-order valence-corrected chi connectivity index (χ1v) is 5.90. The van der Waals surface area contributed by atoms with Crippen LogP contribution in [0.25, 0.3) is 0 Å². The summed E-state index contributed by atoms with van der Waals surface area (Å²) in [4.78, 5) is 0. The number of nitrogens with zero attached hydrogens (tertiary/aromatic N) is 1. The van der Waals surface area contributed by atoms with E-state index in [0.717, 1.165) is 17.7 Å². The average Bonchev–Trinajstić information content (AvgIpc) is 2.43. The van der Waals surface area contributed by atoms with Gasteiger partial charge in [-0.05, 0) is 24.1 Å². The third kappa shape index (κ3) is 4.63. The van der Waals surface area contributed by atoms with Gasteiger partial charge in [-0.3, -0.25) is 0 Å². The van der Waals surface area contributed by atoms with E-state index in [0.29, 0.717) is 13.0 Å². The van der Waals surface area contributed by atoms with E-state index in [1.165, 1.54) is 0 Å². The van der Waals surface area contributed by atoms with Crippen LogP contribution >= 0.6 is 0 Å². The van der Waals surface area contributed by atoms with E-state index in [-0.39, 0.29) is 11.9 Å². The summed E-state index contributed by atoms with van der Waals surface area (Å²) < 4.78 is 10.9. The maximum absolute atomic E-state index is 8.52. The molecule has 3 N–H and O–H groups in total. The van der Waals surface area contributed by atoms with Gasteiger partial charge in [0.1, 0.15) is 11.6 Å². The van der Waals surface area contributed by atoms with E-state index in [9.17, 15) is 0 Å². The summed E-state index contributed by atoms with van der Waals surface area (Å²) in [7, 11) is 1.63. The van der Waals surface area contributed by atoms with Crippen LogP contribution in [0.1, 0.15) is 25.3 Å². The predicted molar refractivity (Wildman–Crippen MR) is 69.9 cm³/mol. The largest absolute Gasteiger partial charge is 0.497 e. The van der Waals surface area contributed by atoms with Crippen LogP contribution in [0, 0.1) is 0 Å². The number of rotatable bonds is 7. The summed E-state index contributed by atoms with van der Waals surface area (Å²) in [6.07, 6.45) is 1.18. The minimum Gasteiger partial charge on any atom is -0.497 e. The first-order valence-electron chi connectivity index (χ1n) is 5.90. The molecular formula is C13H20N2O3. The summed E-state index contributed by atoms with van der Waals surface area (Å²) in [5.41, 5.74) is 6.50. The summed E-state index contributed by atoms with van der Waals surface area (Å²) in [6, 6.07) is 7.70. The van der Waals surface area contributed by atoms with E-state index in [1.54, 1.807) is 7.11 Å². The molecule has 0 fully saturated rings. The Morgan fingerprint density at radius 2 is 2.28 bits per heavy atom. The first-order chi connectivity index (χ1) is 8.69. The molecule has 1 rings (SSSR count). The third-order valence-electron chi connectivity index (χ3n) is 2.64. The Kier molecular flexibility index (Phi) is 6.00. The first kappa shape index (κ1) is 14.3. The molecular weight excluding hydrogens is 232 g/mol. The molecule has 100 valence electrons. The van der Waals surface area contributed by atoms with Crippen molar-refractivity contribution in [2.45, 2.75) is 32.5 Å². The molecule has 0 amide bonds. The highest BCUT2D eigenvalue weighted by molar-refractivity contribution is 5.80. The van der Waals surface area contributed by atoms with Crippen LogP contribution in [-0.4, -0.2) is 24.3 Å². The van der Waals surface area contributed by atoms with Gasteiger partial charge in [-0.25, -0.2) is 0 Å². The van der Waals surface area contributed by atoms with E-state index in [2.05, 4.69) is 5.16 Å². The van der Waals surface area contributed by atoms with Crippen LogP contribution in [0.5, 0.6) is 5.75 Å². The number of ether oxygens (including phenoxy) is 2. The van der Waals surface area contributed by atoms with Crippen molar-refractivity contribution >= 4 is 5.84 Å². The van der Waals surface area contributed by atoms with Crippen LogP contribution in [-0.2, 0) is 11.3 Å². The SMILES string of the molecule is CCC(C/C(N)=N/O)OCc1cccc(OC)c1. The fourth-order valence-corrected chi connectivity index (χ4v) is 1.57. The van der Waals surface area contributed by atoms with Crippen LogP contribution in [0.15, 0.2) is 29.4 Å². The van der Waals surface area contributed by atoms with Gasteiger partial charge in [0.05, 0.1) is 19.8 Å². The Morgan fingerprint density at radius 3 is 2.89 bits per heavy atom. The average molecular weight is 252 g/mol. The number of amidine groups is 1. The predicted octanol–water partition coefficient (Wildman–Crippen LogP) is 2.13. The molecule has 1 aromatic rings. The molecule has 0 aliphatic heterocycles. The van der Waals surface area contributed by atoms with Crippen LogP contribution in [0.3, 0.4) is 0 Å². The minimum absolute atomic E-state index is 0.0490. The highest BCUT2D eigenvalue weighted by Crippen LogP contribution is 2.15. The molecule has 1 atom stereocenters. The zero-order valence-electron chi connectivity index (χ0n) is 10.8. The minimum atomic E-state index is -0.0490. The lowest BCUT2D eigenvalue weighted by Crippen LogP contribution is -2.22. The molecule has 18 heavy (non-hydrogen) atoms. The zero-order chi connectivity index (χ0) is 13.4. The Morgan fingerprint density at radius 1 is 1.50 bits per heavy atom. The quantitative estimate of drug-likeness (QED) is 0.337. The molecule has 0 heterocycles. The second-order valence-electron chi connectivity index (χ2n) is 3.99. The summed E-state index contributed by atoms with van der Waals surface area (Å²) >= 11 is 0. The normalized spacial score (nSPS) is 13.3. The number of nitrogens with two attached hydrogens (primary N) is 1. The van der Waals surface area contributed by atoms with Crippen molar-refractivity contribution in [1.29, 1.82) is 0 Å². The summed E-state index contributed by atoms with van der Waals surface area (Å²) in [5, 5.41) is 11.5. The van der Waals surface area contributed by atoms with Crippen molar-refractivity contribution in [3.8, 4) is 5.75 Å². The number of benzene rings is 1. The van der Waals surface area contributed by atoms with Gasteiger partial charge in [-0.1, -0.05) is 24.2 Å². The van der Waals surface area contributed by atoms with Gasteiger partial charge in [-0.15, -0.1) is 0 Å². The van der Waals surface area contributed by atoms with Gasteiger partial charge in [0, 0.05) is 6.42 Å². The topological polar surface area (TPSA) is 77.1 Å². The van der Waals surface area contributed by atoms with Crippen LogP contribution in [0.4, 0.5) is 0 Å². The highest BCUT2D eigenvalue weighted by atomic mass is 16.5. The Labute approximate surface area is 107 Å². The highest BCUT2D eigenvalue weighted by Gasteiger charge is 2.09. The van der Waals surface area contributed by atoms with E-state index in [1.807, 2.05) is 31.2 Å². The van der Waals surface area contributed by atoms with Crippen LogP contribution < -0.4 is 10.5 Å². The lowest BCUT2D eigenvalue weighted by atomic mass is 10.2. The Balaban J connectivity index is 2.51. The molecule has 5 nitrogen and oxygen atoms in total. The molecule has 0 aliphatic rings. The van der Waals surface area contributed by atoms with Crippen molar-refractivity contribution in [3.05, 3.63) is 29.8 Å². The second kappa shape index (κ2) is 7.55. The van der Waals surface area contributed by atoms with Crippen molar-refractivity contribution in [2.24, 2.45) is 10.9 Å². The van der Waals surface area contributed by atoms with Crippen molar-refractivity contribution in [2.75, 3.05) is 7.11 Å². The smallest absolute Gasteiger partial charge is 0.141 e. The van der Waals surface area contributed by atoms with Crippen molar-refractivity contribution in [1.82, 2.24) is 0 Å². The second-order valence-corrected chi connectivity index (χ2v) is 3.99. The molecule has 0 saturated carbocycles. The molecule has 0 radical (unpaired) electrons. The molecule has 1 aromatic carbocycles. The molecule has 0 spiro atoms. The maximum atomic E-state index is 8.52. The van der Waals surface area contributed by atoms with E-state index in [4.69, 9.17) is 20.4 Å². The lowest BCUT2D eigenvalue weighted by molar-refractivity contribution is 0.0423. The molecule has 0 saturated heterocycles. The number of hydrogen-bond acceptors (Lipinski definition) is 4. The van der Waals surface area contributed by atoms with Gasteiger partial charge in [-0.2, -0.15) is 0 Å². The standard InChI is InChI=1S/C13H20N2O3/c1-3-11(8-13(14)15-16)18-9-10-5-4-6-12(7-10)17-2/h4-7,11,16H,3,8-9H2,1-2H3,(H2,14,15). The summed E-state index contributed by atoms with van der Waals surface area (Å²) in [5.74, 6) is 0.994. The van der Waals surface area contributed by atoms with Gasteiger partial charge in [0.2, 0.25) is 0 Å². The fraction of sp³-hybridized carbons (Fsp3) is 0.462. The van der Waals surface area contributed by atoms with Gasteiger partial charge in [0.25, 0.3) is 0 Å². The van der Waals surface area contributed by atoms with E-state index < -0.39 is 0 Å². The molecule has 0 aliphatic carbocycles. The maximum Gasteiger partial charge on any atom is 0.141 e. The number of oxime groups is 1. The van der Waals surface area contributed by atoms with Crippen molar-refractivity contribution < 1.29 is 14.7 Å². The van der Waals surface area contributed by atoms with Gasteiger partial charge in [0.15, 0.2) is 0 Å². The number of hydrogen-bond donors (Lipinski definition) is 2. The van der Waals surface area contributed by atoms with Gasteiger partial charge >= 0.3 is 0 Å². The zero-order valence-corrected chi connectivity index (χ0v) is 10.8. The third-order valence-corrected chi connectivity index (χ3v) is 2.64. The molecule has 5 heteroatoms. The monoisotopic (exact) mass is 252 g/mol. The lowest BCUT2D eigenvalue weighted by Gasteiger charge is -2.15. The van der Waals surface area contributed by atoms with Crippen molar-refractivity contribution in [3.63, 3.8) is 0 Å². The van der Waals surface area contributed by atoms with E-state index >= 15 is 0 Å². The van der Waals surface area contributed by atoms with Crippen LogP contribution in [0.2, 0.25) is 0 Å². The Bertz CT molecular complexity index is 394. The molecule has 1 unspecified atom stereocenters. The fourth-order valence-electron chi connectivity index (χ4n) is 1.57. The molecule has 0 bridgehead atoms. The number of methoxy groups -OCH3 is 1. The molecule has 0 aromatic heterocycles.